The number of hydrogen-bond acceptors (Lipinski definition) is 4. The SMILES string of the molecule is C/C=C(\C#N)CN1Cc2c(-c3cccc(C(=O)NC)c3)ccc(N)c2C1=O. The van der Waals surface area contributed by atoms with Crippen LogP contribution < -0.4 is 11.1 Å². The van der Waals surface area contributed by atoms with Crippen molar-refractivity contribution in [2.75, 3.05) is 19.3 Å². The molecule has 3 rings (SSSR count). The van der Waals surface area contributed by atoms with E-state index in [2.05, 4.69) is 11.4 Å². The molecule has 0 radical (unpaired) electrons. The van der Waals surface area contributed by atoms with Crippen LogP contribution in [0.2, 0.25) is 0 Å². The molecule has 0 spiro atoms. The molecule has 1 aliphatic rings. The minimum Gasteiger partial charge on any atom is -0.398 e. The zero-order chi connectivity index (χ0) is 19.6. The summed E-state index contributed by atoms with van der Waals surface area (Å²) in [5.74, 6) is -0.352. The lowest BCUT2D eigenvalue weighted by molar-refractivity contribution is 0.0794. The molecule has 0 saturated heterocycles. The quantitative estimate of drug-likeness (QED) is 0.647. The molecule has 1 heterocycles. The Labute approximate surface area is 157 Å². The third-order valence-electron chi connectivity index (χ3n) is 4.71. The van der Waals surface area contributed by atoms with Crippen molar-refractivity contribution in [3.63, 3.8) is 0 Å². The summed E-state index contributed by atoms with van der Waals surface area (Å²) in [5, 5.41) is 11.8. The van der Waals surface area contributed by atoms with Gasteiger partial charge in [-0.1, -0.05) is 24.3 Å². The first kappa shape index (κ1) is 18.2. The number of nitrogens with two attached hydrogens (primary N) is 1. The Morgan fingerprint density at radius 1 is 1.37 bits per heavy atom. The average molecular weight is 360 g/mol. The molecule has 0 unspecified atom stereocenters. The Morgan fingerprint density at radius 3 is 2.81 bits per heavy atom. The maximum Gasteiger partial charge on any atom is 0.256 e. The van der Waals surface area contributed by atoms with Crippen molar-refractivity contribution < 1.29 is 9.59 Å². The third-order valence-corrected chi connectivity index (χ3v) is 4.71. The standard InChI is InChI=1S/C21H20N4O2/c1-3-13(10-22)11-25-12-17-16(7-8-18(23)19(17)21(25)27)14-5-4-6-15(9-14)20(26)24-2/h3-9H,11-12,23H2,1-2H3,(H,24,26)/b13-3+. The summed E-state index contributed by atoms with van der Waals surface area (Å²) in [6, 6.07) is 12.9. The third kappa shape index (κ3) is 3.27. The van der Waals surface area contributed by atoms with E-state index in [-0.39, 0.29) is 18.4 Å². The number of hydrogen-bond donors (Lipinski definition) is 2. The van der Waals surface area contributed by atoms with Gasteiger partial charge in [-0.3, -0.25) is 9.59 Å². The fourth-order valence-electron chi connectivity index (χ4n) is 3.27. The molecule has 0 aromatic heterocycles. The summed E-state index contributed by atoms with van der Waals surface area (Å²) in [5.41, 5.74) is 10.6. The van der Waals surface area contributed by atoms with Crippen LogP contribution in [-0.4, -0.2) is 30.3 Å². The Morgan fingerprint density at radius 2 is 2.15 bits per heavy atom. The predicted octanol–water partition coefficient (Wildman–Crippen LogP) is 2.72. The molecule has 136 valence electrons. The maximum absolute atomic E-state index is 12.8. The summed E-state index contributed by atoms with van der Waals surface area (Å²) in [6.07, 6.45) is 1.70. The number of nitrogen functional groups attached to an aromatic ring is 1. The number of nitrogens with zero attached hydrogens (tertiary/aromatic N) is 2. The molecule has 2 aromatic rings. The second kappa shape index (κ2) is 7.34. The summed E-state index contributed by atoms with van der Waals surface area (Å²) < 4.78 is 0. The van der Waals surface area contributed by atoms with E-state index >= 15 is 0 Å². The largest absolute Gasteiger partial charge is 0.398 e. The van der Waals surface area contributed by atoms with Crippen molar-refractivity contribution in [3.05, 3.63) is 64.7 Å². The van der Waals surface area contributed by atoms with E-state index in [9.17, 15) is 9.59 Å². The van der Waals surface area contributed by atoms with Gasteiger partial charge in [-0.2, -0.15) is 5.26 Å². The van der Waals surface area contributed by atoms with E-state index in [0.717, 1.165) is 16.7 Å². The van der Waals surface area contributed by atoms with Gasteiger partial charge >= 0.3 is 0 Å². The molecule has 6 nitrogen and oxygen atoms in total. The van der Waals surface area contributed by atoms with Crippen LogP contribution >= 0.6 is 0 Å². The van der Waals surface area contributed by atoms with Crippen molar-refractivity contribution in [2.24, 2.45) is 0 Å². The second-order valence-corrected chi connectivity index (χ2v) is 6.30. The first-order chi connectivity index (χ1) is 13.0. The van der Waals surface area contributed by atoms with Crippen LogP contribution in [0.5, 0.6) is 0 Å². The highest BCUT2D eigenvalue weighted by molar-refractivity contribution is 6.05. The van der Waals surface area contributed by atoms with E-state index < -0.39 is 0 Å². The van der Waals surface area contributed by atoms with E-state index in [4.69, 9.17) is 11.0 Å². The molecule has 6 heteroatoms. The lowest BCUT2D eigenvalue weighted by Crippen LogP contribution is -2.26. The van der Waals surface area contributed by atoms with Crippen LogP contribution in [0.25, 0.3) is 11.1 Å². The zero-order valence-electron chi connectivity index (χ0n) is 15.2. The normalized spacial score (nSPS) is 13.3. The fourth-order valence-corrected chi connectivity index (χ4v) is 3.27. The Hall–Kier alpha value is -3.59. The van der Waals surface area contributed by atoms with E-state index in [1.165, 1.54) is 0 Å². The molecular weight excluding hydrogens is 340 g/mol. The van der Waals surface area contributed by atoms with Crippen LogP contribution in [0.1, 0.15) is 33.2 Å². The molecule has 2 amide bonds. The number of anilines is 1. The number of carbonyl (C=O) groups excluding carboxylic acids is 2. The van der Waals surface area contributed by atoms with Crippen LogP contribution in [0.3, 0.4) is 0 Å². The number of fused-ring (bicyclic) bond motifs is 1. The molecule has 2 aromatic carbocycles. The molecule has 0 bridgehead atoms. The number of nitriles is 1. The highest BCUT2D eigenvalue weighted by Crippen LogP contribution is 2.36. The molecule has 0 aliphatic carbocycles. The van der Waals surface area contributed by atoms with Crippen molar-refractivity contribution in [2.45, 2.75) is 13.5 Å². The molecule has 1 aliphatic heterocycles. The zero-order valence-corrected chi connectivity index (χ0v) is 15.2. The van der Waals surface area contributed by atoms with Gasteiger partial charge in [0.05, 0.1) is 18.2 Å². The van der Waals surface area contributed by atoms with Gasteiger partial charge in [0.2, 0.25) is 0 Å². The lowest BCUT2D eigenvalue weighted by Gasteiger charge is -2.15. The highest BCUT2D eigenvalue weighted by Gasteiger charge is 2.32. The number of amides is 2. The molecule has 3 N–H and O–H groups in total. The van der Waals surface area contributed by atoms with Gasteiger partial charge < -0.3 is 16.0 Å². The van der Waals surface area contributed by atoms with Crippen LogP contribution in [0.4, 0.5) is 5.69 Å². The van der Waals surface area contributed by atoms with Crippen molar-refractivity contribution in [1.29, 1.82) is 5.26 Å². The predicted molar refractivity (Wildman–Crippen MR) is 104 cm³/mol. The highest BCUT2D eigenvalue weighted by atomic mass is 16.2. The molecular formula is C21H20N4O2. The smallest absolute Gasteiger partial charge is 0.256 e. The summed E-state index contributed by atoms with van der Waals surface area (Å²) in [7, 11) is 1.58. The Kier molecular flexibility index (Phi) is 4.95. The van der Waals surface area contributed by atoms with Crippen molar-refractivity contribution >= 4 is 17.5 Å². The summed E-state index contributed by atoms with van der Waals surface area (Å²) >= 11 is 0. The Bertz CT molecular complexity index is 1000. The lowest BCUT2D eigenvalue weighted by atomic mass is 9.94. The first-order valence-electron chi connectivity index (χ1n) is 8.58. The fraction of sp³-hybridized carbons (Fsp3) is 0.190. The topological polar surface area (TPSA) is 99.2 Å². The number of nitrogens with one attached hydrogen (secondary N) is 1. The molecule has 0 saturated carbocycles. The molecule has 27 heavy (non-hydrogen) atoms. The molecule has 0 fully saturated rings. The van der Waals surface area contributed by atoms with Crippen LogP contribution in [0, 0.1) is 11.3 Å². The van der Waals surface area contributed by atoms with Crippen molar-refractivity contribution in [1.82, 2.24) is 10.2 Å². The van der Waals surface area contributed by atoms with Gasteiger partial charge in [0.1, 0.15) is 0 Å². The summed E-state index contributed by atoms with van der Waals surface area (Å²) in [6.45, 7) is 2.39. The number of benzene rings is 2. The number of carbonyl (C=O) groups is 2. The van der Waals surface area contributed by atoms with Gasteiger partial charge in [-0.15, -0.1) is 0 Å². The Balaban J connectivity index is 2.05. The van der Waals surface area contributed by atoms with Crippen molar-refractivity contribution in [3.8, 4) is 17.2 Å². The van der Waals surface area contributed by atoms with Crippen LogP contribution in [0.15, 0.2) is 48.0 Å². The molecule has 0 atom stereocenters. The maximum atomic E-state index is 12.8. The first-order valence-corrected chi connectivity index (χ1v) is 8.58. The van der Waals surface area contributed by atoms with Gasteiger partial charge in [0, 0.05) is 30.4 Å². The van der Waals surface area contributed by atoms with Crippen LogP contribution in [-0.2, 0) is 6.54 Å². The van der Waals surface area contributed by atoms with E-state index in [1.807, 2.05) is 18.2 Å². The summed E-state index contributed by atoms with van der Waals surface area (Å²) in [4.78, 5) is 26.4. The number of allylic oxidation sites excluding steroid dienone is 1. The van der Waals surface area contributed by atoms with Gasteiger partial charge in [0.25, 0.3) is 11.8 Å². The van der Waals surface area contributed by atoms with E-state index in [0.29, 0.717) is 28.9 Å². The average Bonchev–Trinajstić information content (AvgIpc) is 3.02. The van der Waals surface area contributed by atoms with Gasteiger partial charge in [-0.05, 0) is 41.8 Å². The minimum atomic E-state index is -0.179. The minimum absolute atomic E-state index is 0.173. The second-order valence-electron chi connectivity index (χ2n) is 6.30. The van der Waals surface area contributed by atoms with Gasteiger partial charge in [0.15, 0.2) is 0 Å². The van der Waals surface area contributed by atoms with Gasteiger partial charge in [-0.25, -0.2) is 0 Å². The monoisotopic (exact) mass is 360 g/mol. The van der Waals surface area contributed by atoms with E-state index in [1.54, 1.807) is 43.1 Å². The number of rotatable bonds is 4.